The maximum Gasteiger partial charge on any atom is 0.416 e. The number of rotatable bonds is 2. The second kappa shape index (κ2) is 5.14. The average molecular weight is 305 g/mol. The molecular weight excluding hydrogens is 297 g/mol. The lowest BCUT2D eigenvalue weighted by Crippen LogP contribution is -2.24. The summed E-state index contributed by atoms with van der Waals surface area (Å²) in [5.41, 5.74) is 0.535. The number of benzene rings is 1. The lowest BCUT2D eigenvalue weighted by Gasteiger charge is -2.10. The van der Waals surface area contributed by atoms with Gasteiger partial charge >= 0.3 is 6.18 Å². The van der Waals surface area contributed by atoms with Crippen LogP contribution in [0, 0.1) is 0 Å². The van der Waals surface area contributed by atoms with E-state index in [1.54, 1.807) is 0 Å². The van der Waals surface area contributed by atoms with E-state index in [9.17, 15) is 18.0 Å². The first kappa shape index (κ1) is 14.4. The van der Waals surface area contributed by atoms with E-state index in [2.05, 4.69) is 10.5 Å². The lowest BCUT2D eigenvalue weighted by molar-refractivity contribution is -0.137. The minimum absolute atomic E-state index is 0.0460. The Hall–Kier alpha value is -2.06. The van der Waals surface area contributed by atoms with Crippen LogP contribution in [0.2, 0.25) is 5.02 Å². The number of alkyl halides is 3. The minimum atomic E-state index is -4.51. The molecule has 0 bridgehead atoms. The summed E-state index contributed by atoms with van der Waals surface area (Å²) in [6.07, 6.45) is -3.37. The average Bonchev–Trinajstić information content (AvgIpc) is 2.41. The Balaban J connectivity index is 2.58. The second-order valence-electron chi connectivity index (χ2n) is 3.78. The van der Waals surface area contributed by atoms with E-state index in [1.165, 1.54) is 12.1 Å². The molecule has 1 aromatic carbocycles. The van der Waals surface area contributed by atoms with Gasteiger partial charge in [-0.05, 0) is 18.2 Å². The van der Waals surface area contributed by atoms with Crippen LogP contribution >= 0.6 is 11.6 Å². The minimum Gasteiger partial charge on any atom is -0.321 e. The van der Waals surface area contributed by atoms with Gasteiger partial charge in [0, 0.05) is 0 Å². The third-order valence-electron chi connectivity index (χ3n) is 2.49. The Morgan fingerprint density at radius 1 is 1.35 bits per heavy atom. The molecular formula is C11H8ClF3N4O. The van der Waals surface area contributed by atoms with E-state index >= 15 is 0 Å². The number of hydrogen-bond donors (Lipinski definition) is 2. The molecule has 0 amide bonds. The van der Waals surface area contributed by atoms with Crippen LogP contribution in [-0.2, 0) is 6.18 Å². The molecule has 0 unspecified atom stereocenters. The molecule has 0 aliphatic carbocycles. The molecule has 0 fully saturated rings. The van der Waals surface area contributed by atoms with Gasteiger partial charge in [-0.15, -0.1) is 0 Å². The molecule has 0 atom stereocenters. The van der Waals surface area contributed by atoms with Gasteiger partial charge in [0.25, 0.3) is 5.56 Å². The summed E-state index contributed by atoms with van der Waals surface area (Å²) in [7, 11) is 0. The molecule has 5 nitrogen and oxygen atoms in total. The zero-order valence-electron chi connectivity index (χ0n) is 9.78. The third kappa shape index (κ3) is 2.61. The van der Waals surface area contributed by atoms with Crippen molar-refractivity contribution in [3.8, 4) is 5.69 Å². The fourth-order valence-corrected chi connectivity index (χ4v) is 1.71. The molecule has 1 heterocycles. The summed E-state index contributed by atoms with van der Waals surface area (Å²) in [5, 5.41) is 3.45. The summed E-state index contributed by atoms with van der Waals surface area (Å²) in [6.45, 7) is 0. The van der Waals surface area contributed by atoms with Gasteiger partial charge in [-0.1, -0.05) is 17.7 Å². The Kier molecular flexibility index (Phi) is 3.69. The number of nitrogens with two attached hydrogens (primary N) is 1. The van der Waals surface area contributed by atoms with Gasteiger partial charge in [0.05, 0.1) is 23.1 Å². The highest BCUT2D eigenvalue weighted by molar-refractivity contribution is 6.32. The van der Waals surface area contributed by atoms with Gasteiger partial charge in [-0.2, -0.15) is 23.0 Å². The van der Waals surface area contributed by atoms with E-state index in [0.717, 1.165) is 23.0 Å². The highest BCUT2D eigenvalue weighted by atomic mass is 35.5. The molecule has 0 radical (unpaired) electrons. The van der Waals surface area contributed by atoms with E-state index in [4.69, 9.17) is 17.4 Å². The molecule has 0 saturated carbocycles. The van der Waals surface area contributed by atoms with Crippen LogP contribution < -0.4 is 16.8 Å². The topological polar surface area (TPSA) is 72.9 Å². The third-order valence-corrected chi connectivity index (χ3v) is 2.86. The predicted molar refractivity (Wildman–Crippen MR) is 67.7 cm³/mol. The normalized spacial score (nSPS) is 11.4. The Bertz CT molecular complexity index is 699. The van der Waals surface area contributed by atoms with Crippen molar-refractivity contribution in [2.75, 3.05) is 5.43 Å². The van der Waals surface area contributed by atoms with Crippen molar-refractivity contribution in [1.82, 2.24) is 9.78 Å². The van der Waals surface area contributed by atoms with E-state index in [1.807, 2.05) is 0 Å². The molecule has 9 heteroatoms. The Morgan fingerprint density at radius 2 is 2.05 bits per heavy atom. The van der Waals surface area contributed by atoms with Crippen LogP contribution in [0.25, 0.3) is 5.69 Å². The van der Waals surface area contributed by atoms with Crippen molar-refractivity contribution >= 4 is 17.3 Å². The SMILES string of the molecule is NNc1cnn(-c2cccc(C(F)(F)F)c2)c(=O)c1Cl. The van der Waals surface area contributed by atoms with Crippen molar-refractivity contribution in [3.05, 3.63) is 51.4 Å². The number of nitrogen functional groups attached to an aromatic ring is 1. The number of aromatic nitrogens is 2. The van der Waals surface area contributed by atoms with E-state index in [-0.39, 0.29) is 16.4 Å². The van der Waals surface area contributed by atoms with Crippen LogP contribution in [0.1, 0.15) is 5.56 Å². The number of nitrogens with one attached hydrogen (secondary N) is 1. The van der Waals surface area contributed by atoms with E-state index < -0.39 is 17.3 Å². The maximum absolute atomic E-state index is 12.6. The van der Waals surface area contributed by atoms with Crippen LogP contribution in [0.4, 0.5) is 18.9 Å². The van der Waals surface area contributed by atoms with Crippen LogP contribution in [-0.4, -0.2) is 9.78 Å². The first-order chi connectivity index (χ1) is 9.34. The largest absolute Gasteiger partial charge is 0.416 e. The predicted octanol–water partition coefficient (Wildman–Crippen LogP) is 2.19. The zero-order valence-corrected chi connectivity index (χ0v) is 10.5. The Morgan fingerprint density at radius 3 is 2.65 bits per heavy atom. The fraction of sp³-hybridized carbons (Fsp3) is 0.0909. The molecule has 2 aromatic rings. The lowest BCUT2D eigenvalue weighted by atomic mass is 10.2. The van der Waals surface area contributed by atoms with Crippen molar-refractivity contribution < 1.29 is 13.2 Å². The maximum atomic E-state index is 12.6. The molecule has 0 spiro atoms. The van der Waals surface area contributed by atoms with Gasteiger partial charge in [0.1, 0.15) is 5.02 Å². The van der Waals surface area contributed by atoms with Crippen molar-refractivity contribution in [2.45, 2.75) is 6.18 Å². The van der Waals surface area contributed by atoms with Gasteiger partial charge in [-0.25, -0.2) is 0 Å². The monoisotopic (exact) mass is 304 g/mol. The molecule has 20 heavy (non-hydrogen) atoms. The molecule has 1 aromatic heterocycles. The first-order valence-electron chi connectivity index (χ1n) is 5.26. The quantitative estimate of drug-likeness (QED) is 0.659. The number of hydrazine groups is 1. The smallest absolute Gasteiger partial charge is 0.321 e. The van der Waals surface area contributed by atoms with Crippen LogP contribution in [0.15, 0.2) is 35.3 Å². The van der Waals surface area contributed by atoms with Crippen LogP contribution in [0.5, 0.6) is 0 Å². The molecule has 2 rings (SSSR count). The van der Waals surface area contributed by atoms with Gasteiger partial charge in [0.15, 0.2) is 0 Å². The van der Waals surface area contributed by atoms with Crippen molar-refractivity contribution in [3.63, 3.8) is 0 Å². The fourth-order valence-electron chi connectivity index (χ4n) is 1.53. The molecule has 0 aliphatic heterocycles. The second-order valence-corrected chi connectivity index (χ2v) is 4.16. The molecule has 0 aliphatic rings. The highest BCUT2D eigenvalue weighted by Crippen LogP contribution is 2.30. The van der Waals surface area contributed by atoms with Gasteiger partial charge in [-0.3, -0.25) is 10.6 Å². The summed E-state index contributed by atoms with van der Waals surface area (Å²) in [6, 6.07) is 4.19. The highest BCUT2D eigenvalue weighted by Gasteiger charge is 2.30. The molecule has 106 valence electrons. The summed E-state index contributed by atoms with van der Waals surface area (Å²) in [5.74, 6) is 5.12. The Labute approximate surface area is 115 Å². The van der Waals surface area contributed by atoms with E-state index in [0.29, 0.717) is 0 Å². The number of anilines is 1. The van der Waals surface area contributed by atoms with Crippen molar-refractivity contribution in [1.29, 1.82) is 0 Å². The van der Waals surface area contributed by atoms with Gasteiger partial charge in [0.2, 0.25) is 0 Å². The van der Waals surface area contributed by atoms with Gasteiger partial charge < -0.3 is 5.43 Å². The zero-order chi connectivity index (χ0) is 14.9. The number of halogens is 4. The molecule has 3 N–H and O–H groups in total. The first-order valence-corrected chi connectivity index (χ1v) is 5.64. The standard InChI is InChI=1S/C11H8ClF3N4O/c12-9-8(18-16)5-17-19(10(9)20)7-3-1-2-6(4-7)11(13,14)15/h1-5,18H,16H2. The summed E-state index contributed by atoms with van der Waals surface area (Å²) in [4.78, 5) is 11.9. The molecule has 0 saturated heterocycles. The summed E-state index contributed by atoms with van der Waals surface area (Å²) < 4.78 is 38.6. The number of nitrogens with zero attached hydrogens (tertiary/aromatic N) is 2. The van der Waals surface area contributed by atoms with Crippen molar-refractivity contribution in [2.24, 2.45) is 5.84 Å². The summed E-state index contributed by atoms with van der Waals surface area (Å²) >= 11 is 5.74. The van der Waals surface area contributed by atoms with Crippen LogP contribution in [0.3, 0.4) is 0 Å². The number of hydrogen-bond acceptors (Lipinski definition) is 4.